The maximum atomic E-state index is 10.8. The smallest absolute Gasteiger partial charge is 0.309 e. The van der Waals surface area contributed by atoms with E-state index in [1.807, 2.05) is 6.92 Å². The number of rotatable bonds is 4. The van der Waals surface area contributed by atoms with Gasteiger partial charge in [0.25, 0.3) is 0 Å². The van der Waals surface area contributed by atoms with Crippen molar-refractivity contribution in [2.24, 2.45) is 0 Å². The summed E-state index contributed by atoms with van der Waals surface area (Å²) in [4.78, 5) is 21.0. The molecule has 0 aliphatic rings. The number of ether oxygens (including phenoxy) is 1. The van der Waals surface area contributed by atoms with Crippen LogP contribution in [0.15, 0.2) is 23.3 Å². The predicted molar refractivity (Wildman–Crippen MR) is 50.2 cm³/mol. The number of esters is 1. The second-order valence-electron chi connectivity index (χ2n) is 2.79. The van der Waals surface area contributed by atoms with E-state index < -0.39 is 0 Å². The van der Waals surface area contributed by atoms with Crippen LogP contribution in [-0.2, 0) is 14.3 Å². The lowest BCUT2D eigenvalue weighted by Gasteiger charge is -1.97. The summed E-state index contributed by atoms with van der Waals surface area (Å²) in [5.41, 5.74) is 1.50. The molecule has 0 heterocycles. The van der Waals surface area contributed by atoms with Gasteiger partial charge in [0.05, 0.1) is 13.5 Å². The first-order valence-electron chi connectivity index (χ1n) is 3.96. The highest BCUT2D eigenvalue weighted by atomic mass is 16.5. The largest absolute Gasteiger partial charge is 0.469 e. The summed E-state index contributed by atoms with van der Waals surface area (Å²) in [7, 11) is 1.35. The number of methoxy groups -OCH3 is 1. The third kappa shape index (κ3) is 5.84. The van der Waals surface area contributed by atoms with Crippen molar-refractivity contribution in [3.8, 4) is 0 Å². The molecule has 0 fully saturated rings. The van der Waals surface area contributed by atoms with Crippen LogP contribution in [0.3, 0.4) is 0 Å². The molecule has 3 heteroatoms. The van der Waals surface area contributed by atoms with Gasteiger partial charge in [-0.1, -0.05) is 17.7 Å². The summed E-state index contributed by atoms with van der Waals surface area (Å²) in [6.45, 7) is 3.51. The van der Waals surface area contributed by atoms with Gasteiger partial charge in [-0.05, 0) is 19.4 Å². The van der Waals surface area contributed by atoms with Gasteiger partial charge in [0.15, 0.2) is 0 Å². The lowest BCUT2D eigenvalue weighted by atomic mass is 10.2. The lowest BCUT2D eigenvalue weighted by Crippen LogP contribution is -1.99. The molecular weight excluding hydrogens is 168 g/mol. The molecule has 0 unspecified atom stereocenters. The van der Waals surface area contributed by atoms with Crippen molar-refractivity contribution in [3.05, 3.63) is 23.3 Å². The molecule has 0 aromatic heterocycles. The van der Waals surface area contributed by atoms with Gasteiger partial charge >= 0.3 is 5.97 Å². The molecule has 0 radical (unpaired) electrons. The zero-order valence-electron chi connectivity index (χ0n) is 8.16. The lowest BCUT2D eigenvalue weighted by molar-refractivity contribution is -0.139. The van der Waals surface area contributed by atoms with E-state index in [1.54, 1.807) is 19.1 Å². The van der Waals surface area contributed by atoms with Crippen molar-refractivity contribution in [2.75, 3.05) is 7.11 Å². The summed E-state index contributed by atoms with van der Waals surface area (Å²) in [6, 6.07) is 0. The molecule has 0 bridgehead atoms. The van der Waals surface area contributed by atoms with Gasteiger partial charge in [-0.25, -0.2) is 0 Å². The van der Waals surface area contributed by atoms with Crippen LogP contribution >= 0.6 is 0 Å². The summed E-state index contributed by atoms with van der Waals surface area (Å²) in [6.07, 6.45) is 4.44. The molecule has 0 aliphatic heterocycles. The monoisotopic (exact) mass is 182 g/mol. The van der Waals surface area contributed by atoms with E-state index >= 15 is 0 Å². The number of carbonyl (C=O) groups excluding carboxylic acids is 2. The standard InChI is InChI=1S/C10H14O3/c1-8(6-10(12)13-3)4-5-9(2)7-11/h4-5,7H,6H2,1-3H3/b8-4+,9-5+. The van der Waals surface area contributed by atoms with Crippen LogP contribution in [0.1, 0.15) is 20.3 Å². The van der Waals surface area contributed by atoms with Gasteiger partial charge in [-0.2, -0.15) is 0 Å². The molecule has 3 nitrogen and oxygen atoms in total. The molecule has 0 saturated carbocycles. The van der Waals surface area contributed by atoms with Crippen molar-refractivity contribution in [2.45, 2.75) is 20.3 Å². The summed E-state index contributed by atoms with van der Waals surface area (Å²) >= 11 is 0. The summed E-state index contributed by atoms with van der Waals surface area (Å²) in [5, 5.41) is 0. The zero-order valence-corrected chi connectivity index (χ0v) is 8.16. The van der Waals surface area contributed by atoms with Gasteiger partial charge in [0, 0.05) is 0 Å². The number of carbonyl (C=O) groups is 2. The maximum Gasteiger partial charge on any atom is 0.309 e. The van der Waals surface area contributed by atoms with E-state index in [0.29, 0.717) is 5.57 Å². The molecule has 13 heavy (non-hydrogen) atoms. The Hall–Kier alpha value is -1.38. The minimum atomic E-state index is -0.272. The van der Waals surface area contributed by atoms with Crippen LogP contribution in [0, 0.1) is 0 Å². The molecule has 0 aliphatic carbocycles. The maximum absolute atomic E-state index is 10.8. The first-order chi connectivity index (χ1) is 6.10. The minimum absolute atomic E-state index is 0.263. The Morgan fingerprint density at radius 2 is 1.92 bits per heavy atom. The topological polar surface area (TPSA) is 43.4 Å². The van der Waals surface area contributed by atoms with Gasteiger partial charge in [0.2, 0.25) is 0 Å². The Kier molecular flexibility index (Phi) is 5.52. The third-order valence-corrected chi connectivity index (χ3v) is 1.47. The normalized spacial score (nSPS) is 12.5. The molecule has 0 spiro atoms. The molecule has 0 aromatic carbocycles. The van der Waals surface area contributed by atoms with Crippen LogP contribution < -0.4 is 0 Å². The second kappa shape index (κ2) is 6.17. The molecular formula is C10H14O3. The van der Waals surface area contributed by atoms with E-state index in [4.69, 9.17) is 0 Å². The number of hydrogen-bond donors (Lipinski definition) is 0. The van der Waals surface area contributed by atoms with E-state index in [-0.39, 0.29) is 12.4 Å². The van der Waals surface area contributed by atoms with Crippen LogP contribution in [-0.4, -0.2) is 19.4 Å². The number of aldehydes is 1. The quantitative estimate of drug-likeness (QED) is 0.287. The fraction of sp³-hybridized carbons (Fsp3) is 0.400. The Labute approximate surface area is 78.1 Å². The van der Waals surface area contributed by atoms with Crippen molar-refractivity contribution in [1.82, 2.24) is 0 Å². The molecule has 0 saturated heterocycles. The van der Waals surface area contributed by atoms with Crippen LogP contribution in [0.4, 0.5) is 0 Å². The first kappa shape index (κ1) is 11.6. The van der Waals surface area contributed by atoms with Crippen LogP contribution in [0.5, 0.6) is 0 Å². The average molecular weight is 182 g/mol. The molecule has 0 N–H and O–H groups in total. The average Bonchev–Trinajstić information content (AvgIpc) is 2.13. The third-order valence-electron chi connectivity index (χ3n) is 1.47. The van der Waals surface area contributed by atoms with Crippen molar-refractivity contribution in [1.29, 1.82) is 0 Å². The molecule has 0 rings (SSSR count). The van der Waals surface area contributed by atoms with Crippen molar-refractivity contribution < 1.29 is 14.3 Å². The number of allylic oxidation sites excluding steroid dienone is 3. The number of hydrogen-bond acceptors (Lipinski definition) is 3. The highest BCUT2D eigenvalue weighted by molar-refractivity contribution is 5.74. The SMILES string of the molecule is COC(=O)C/C(C)=C/C=C(\C)C=O. The fourth-order valence-corrected chi connectivity index (χ4v) is 0.672. The van der Waals surface area contributed by atoms with Gasteiger partial charge in [0.1, 0.15) is 6.29 Å². The van der Waals surface area contributed by atoms with Crippen molar-refractivity contribution in [3.63, 3.8) is 0 Å². The van der Waals surface area contributed by atoms with E-state index in [2.05, 4.69) is 4.74 Å². The van der Waals surface area contributed by atoms with Gasteiger partial charge in [-0.15, -0.1) is 0 Å². The predicted octanol–water partition coefficient (Wildman–Crippen LogP) is 1.64. The van der Waals surface area contributed by atoms with E-state index in [1.165, 1.54) is 7.11 Å². The zero-order chi connectivity index (χ0) is 10.3. The van der Waals surface area contributed by atoms with E-state index in [9.17, 15) is 9.59 Å². The van der Waals surface area contributed by atoms with E-state index in [0.717, 1.165) is 11.9 Å². The first-order valence-corrected chi connectivity index (χ1v) is 3.96. The Morgan fingerprint density at radius 3 is 2.38 bits per heavy atom. The summed E-state index contributed by atoms with van der Waals surface area (Å²) < 4.78 is 4.48. The molecule has 0 aromatic rings. The minimum Gasteiger partial charge on any atom is -0.469 e. The molecule has 0 amide bonds. The fourth-order valence-electron chi connectivity index (χ4n) is 0.672. The van der Waals surface area contributed by atoms with Crippen molar-refractivity contribution >= 4 is 12.3 Å². The second-order valence-corrected chi connectivity index (χ2v) is 2.79. The highest BCUT2D eigenvalue weighted by Crippen LogP contribution is 2.02. The Morgan fingerprint density at radius 1 is 1.31 bits per heavy atom. The molecule has 0 atom stereocenters. The highest BCUT2D eigenvalue weighted by Gasteiger charge is 1.99. The molecule has 72 valence electrons. The Bertz CT molecular complexity index is 249. The van der Waals surface area contributed by atoms with Gasteiger partial charge < -0.3 is 4.74 Å². The van der Waals surface area contributed by atoms with Crippen LogP contribution in [0.25, 0.3) is 0 Å². The van der Waals surface area contributed by atoms with Gasteiger partial charge in [-0.3, -0.25) is 9.59 Å². The van der Waals surface area contributed by atoms with Crippen LogP contribution in [0.2, 0.25) is 0 Å². The Balaban J connectivity index is 4.17. The summed E-state index contributed by atoms with van der Waals surface area (Å²) in [5.74, 6) is -0.272.